The van der Waals surface area contributed by atoms with Crippen LogP contribution >= 0.6 is 11.6 Å². The molecule has 5 rings (SSSR count). The Labute approximate surface area is 309 Å². The Morgan fingerprint density at radius 2 is 1.60 bits per heavy atom. The van der Waals surface area contributed by atoms with E-state index in [1.807, 2.05) is 33.8 Å². The molecule has 2 amide bonds. The minimum absolute atomic E-state index is 0.0269. The maximum Gasteiger partial charge on any atom is 0.254 e. The summed E-state index contributed by atoms with van der Waals surface area (Å²) in [6.07, 6.45) is 7.94. The van der Waals surface area contributed by atoms with Crippen molar-refractivity contribution in [1.29, 1.82) is 0 Å². The van der Waals surface area contributed by atoms with Gasteiger partial charge in [0.15, 0.2) is 0 Å². The Morgan fingerprint density at radius 3 is 2.31 bits per heavy atom. The number of rotatable bonds is 14. The largest absolute Gasteiger partial charge is 0.473 e. The van der Waals surface area contributed by atoms with Crippen LogP contribution in [0.25, 0.3) is 0 Å². The lowest BCUT2D eigenvalue weighted by Crippen LogP contribution is -2.44. The standard InChI is InChI=1S/C41H47ClF2N4O4/c1-25-16-32(38(49)46-26(2)31-11-7-6-8-12-31)22-45-40(25)52-24-30-17-29(19-34(44)20-30)21-41(4,5)27(3)47-39(50)35-14-15-36(48-37(35)42)51-23-28-10-9-13-33(43)18-28/h9-10,13-20,22,26-27,31H,6-8,11-12,21,23-24H2,1-5H3,(H,46,49)(H,47,50). The fraction of sp³-hybridized carbons (Fsp3) is 0.415. The van der Waals surface area contributed by atoms with Gasteiger partial charge in [0, 0.05) is 29.9 Å². The van der Waals surface area contributed by atoms with Crippen LogP contribution < -0.4 is 20.1 Å². The fourth-order valence-corrected chi connectivity index (χ4v) is 6.77. The fourth-order valence-electron chi connectivity index (χ4n) is 6.53. The molecule has 2 unspecified atom stereocenters. The predicted octanol–water partition coefficient (Wildman–Crippen LogP) is 8.96. The highest BCUT2D eigenvalue weighted by Crippen LogP contribution is 2.29. The van der Waals surface area contributed by atoms with Crippen molar-refractivity contribution in [3.05, 3.63) is 117 Å². The normalized spacial score (nSPS) is 14.7. The number of nitrogens with zero attached hydrogens (tertiary/aromatic N) is 2. The zero-order valence-corrected chi connectivity index (χ0v) is 31.2. The summed E-state index contributed by atoms with van der Waals surface area (Å²) in [7, 11) is 0. The third kappa shape index (κ3) is 10.5. The molecule has 4 aromatic rings. The number of pyridine rings is 2. The molecule has 1 saturated carbocycles. The smallest absolute Gasteiger partial charge is 0.254 e. The monoisotopic (exact) mass is 732 g/mol. The number of hydrogen-bond donors (Lipinski definition) is 2. The number of halogens is 3. The van der Waals surface area contributed by atoms with Crippen molar-refractivity contribution in [2.24, 2.45) is 11.3 Å². The molecule has 8 nitrogen and oxygen atoms in total. The highest BCUT2D eigenvalue weighted by atomic mass is 35.5. The van der Waals surface area contributed by atoms with Gasteiger partial charge in [-0.2, -0.15) is 0 Å². The van der Waals surface area contributed by atoms with Crippen molar-refractivity contribution >= 4 is 23.4 Å². The Kier molecular flexibility index (Phi) is 12.9. The third-order valence-electron chi connectivity index (χ3n) is 9.92. The topological polar surface area (TPSA) is 102 Å². The summed E-state index contributed by atoms with van der Waals surface area (Å²) in [4.78, 5) is 34.7. The molecule has 1 aliphatic rings. The molecule has 11 heteroatoms. The average Bonchev–Trinajstić information content (AvgIpc) is 3.10. The zero-order chi connectivity index (χ0) is 37.4. The molecule has 2 heterocycles. The molecule has 2 atom stereocenters. The minimum Gasteiger partial charge on any atom is -0.473 e. The van der Waals surface area contributed by atoms with Crippen LogP contribution in [0.5, 0.6) is 11.8 Å². The molecule has 2 N–H and O–H groups in total. The third-order valence-corrected chi connectivity index (χ3v) is 10.2. The first-order valence-electron chi connectivity index (χ1n) is 17.8. The molecule has 0 bridgehead atoms. The molecule has 0 radical (unpaired) electrons. The van der Waals surface area contributed by atoms with Gasteiger partial charge in [-0.15, -0.1) is 0 Å². The van der Waals surface area contributed by atoms with Crippen molar-refractivity contribution in [1.82, 2.24) is 20.6 Å². The van der Waals surface area contributed by atoms with E-state index in [0.29, 0.717) is 40.5 Å². The van der Waals surface area contributed by atoms with E-state index in [1.54, 1.807) is 18.2 Å². The van der Waals surface area contributed by atoms with Crippen molar-refractivity contribution in [3.8, 4) is 11.8 Å². The van der Waals surface area contributed by atoms with Gasteiger partial charge >= 0.3 is 0 Å². The van der Waals surface area contributed by atoms with Gasteiger partial charge in [0.05, 0.1) is 11.1 Å². The number of hydrogen-bond acceptors (Lipinski definition) is 6. The number of carbonyl (C=O) groups is 2. The number of aryl methyl sites for hydroxylation is 1. The van der Waals surface area contributed by atoms with E-state index in [0.717, 1.165) is 18.4 Å². The van der Waals surface area contributed by atoms with Gasteiger partial charge in [-0.25, -0.2) is 18.7 Å². The molecule has 2 aromatic carbocycles. The second kappa shape index (κ2) is 17.3. The van der Waals surface area contributed by atoms with Crippen molar-refractivity contribution in [2.45, 2.75) is 98.4 Å². The summed E-state index contributed by atoms with van der Waals surface area (Å²) in [6.45, 7) is 9.94. The summed E-state index contributed by atoms with van der Waals surface area (Å²) >= 11 is 6.36. The first-order valence-corrected chi connectivity index (χ1v) is 18.2. The summed E-state index contributed by atoms with van der Waals surface area (Å²) in [6, 6.07) is 15.4. The Balaban J connectivity index is 1.15. The van der Waals surface area contributed by atoms with Gasteiger partial charge < -0.3 is 20.1 Å². The van der Waals surface area contributed by atoms with E-state index in [-0.39, 0.29) is 53.6 Å². The van der Waals surface area contributed by atoms with Crippen molar-refractivity contribution < 1.29 is 27.8 Å². The first-order chi connectivity index (χ1) is 24.8. The molecule has 0 aliphatic heterocycles. The van der Waals surface area contributed by atoms with Crippen LogP contribution in [0.1, 0.15) is 103 Å². The quantitative estimate of drug-likeness (QED) is 0.126. The average molecular weight is 733 g/mol. The van der Waals surface area contributed by atoms with Crippen molar-refractivity contribution in [2.75, 3.05) is 0 Å². The molecule has 0 spiro atoms. The highest BCUT2D eigenvalue weighted by Gasteiger charge is 2.29. The summed E-state index contributed by atoms with van der Waals surface area (Å²) < 4.78 is 39.9. The minimum atomic E-state index is -0.488. The zero-order valence-electron chi connectivity index (χ0n) is 30.4. The second-order valence-electron chi connectivity index (χ2n) is 14.5. The summed E-state index contributed by atoms with van der Waals surface area (Å²) in [5.41, 5.74) is 2.88. The first kappa shape index (κ1) is 38.7. The van der Waals surface area contributed by atoms with Gasteiger partial charge in [-0.3, -0.25) is 9.59 Å². The Hall–Kier alpha value is -4.57. The van der Waals surface area contributed by atoms with Crippen LogP contribution in [0.3, 0.4) is 0 Å². The van der Waals surface area contributed by atoms with Crippen LogP contribution in [-0.2, 0) is 19.6 Å². The Morgan fingerprint density at radius 1 is 0.885 bits per heavy atom. The predicted molar refractivity (Wildman–Crippen MR) is 198 cm³/mol. The van der Waals surface area contributed by atoms with Crippen molar-refractivity contribution in [3.63, 3.8) is 0 Å². The second-order valence-corrected chi connectivity index (χ2v) is 14.9. The molecule has 52 heavy (non-hydrogen) atoms. The number of nitrogens with one attached hydrogen (secondary N) is 2. The Bertz CT molecular complexity index is 1880. The van der Waals surface area contributed by atoms with Gasteiger partial charge in [0.1, 0.15) is 30.0 Å². The van der Waals surface area contributed by atoms with Crippen LogP contribution in [0.4, 0.5) is 8.78 Å². The SMILES string of the molecule is Cc1cc(C(=O)NC(C)C2CCCCC2)cnc1OCc1cc(F)cc(CC(C)(C)C(C)NC(=O)c2ccc(OCc3cccc(F)c3)nc2Cl)c1. The molecular formula is C41H47ClF2N4O4. The maximum atomic E-state index is 14.8. The molecule has 1 aliphatic carbocycles. The van der Waals surface area contributed by atoms with Crippen LogP contribution in [0, 0.1) is 29.9 Å². The number of amides is 2. The lowest BCUT2D eigenvalue weighted by Gasteiger charge is -2.33. The molecule has 2 aromatic heterocycles. The molecule has 276 valence electrons. The number of aromatic nitrogens is 2. The van der Waals surface area contributed by atoms with E-state index in [4.69, 9.17) is 21.1 Å². The summed E-state index contributed by atoms with van der Waals surface area (Å²) in [5.74, 6) is -0.243. The number of ether oxygens (including phenoxy) is 2. The molecule has 1 fully saturated rings. The number of carbonyl (C=O) groups excluding carboxylic acids is 2. The maximum absolute atomic E-state index is 14.8. The van der Waals surface area contributed by atoms with E-state index >= 15 is 0 Å². The highest BCUT2D eigenvalue weighted by molar-refractivity contribution is 6.32. The van der Waals surface area contributed by atoms with Crippen LogP contribution in [-0.4, -0.2) is 33.9 Å². The van der Waals surface area contributed by atoms with Gasteiger partial charge in [0.25, 0.3) is 11.8 Å². The van der Waals surface area contributed by atoms with Crippen LogP contribution in [0.2, 0.25) is 5.15 Å². The lowest BCUT2D eigenvalue weighted by molar-refractivity contribution is 0.0899. The van der Waals surface area contributed by atoms with E-state index in [1.165, 1.54) is 61.9 Å². The van der Waals surface area contributed by atoms with E-state index in [9.17, 15) is 18.4 Å². The lowest BCUT2D eigenvalue weighted by atomic mass is 9.79. The van der Waals surface area contributed by atoms with Gasteiger partial charge in [0.2, 0.25) is 11.8 Å². The van der Waals surface area contributed by atoms with Crippen LogP contribution in [0.15, 0.2) is 66.9 Å². The van der Waals surface area contributed by atoms with E-state index < -0.39 is 17.1 Å². The van der Waals surface area contributed by atoms with Gasteiger partial charge in [-0.1, -0.05) is 62.9 Å². The van der Waals surface area contributed by atoms with Gasteiger partial charge in [-0.05, 0) is 104 Å². The summed E-state index contributed by atoms with van der Waals surface area (Å²) in [5, 5.41) is 6.11. The molecular weight excluding hydrogens is 686 g/mol. The van der Waals surface area contributed by atoms with E-state index in [2.05, 4.69) is 27.5 Å². The molecule has 0 saturated heterocycles. The number of benzene rings is 2.